The summed E-state index contributed by atoms with van der Waals surface area (Å²) in [5.74, 6) is 0.519. The molecule has 4 rings (SSSR count). The van der Waals surface area contributed by atoms with Crippen LogP contribution in [0.25, 0.3) is 16.9 Å². The Bertz CT molecular complexity index is 1080. The summed E-state index contributed by atoms with van der Waals surface area (Å²) in [6, 6.07) is 8.08. The monoisotopic (exact) mass is 407 g/mol. The maximum absolute atomic E-state index is 12.6. The van der Waals surface area contributed by atoms with Crippen LogP contribution in [0.4, 0.5) is 5.69 Å². The number of hydrogen-bond donors (Lipinski definition) is 3. The summed E-state index contributed by atoms with van der Waals surface area (Å²) >= 11 is 1.52. The minimum atomic E-state index is -0.149. The molecule has 1 amide bonds. The Labute approximate surface area is 172 Å². The van der Waals surface area contributed by atoms with Gasteiger partial charge in [-0.2, -0.15) is 5.26 Å². The van der Waals surface area contributed by atoms with Crippen molar-refractivity contribution in [2.24, 2.45) is 0 Å². The Hall–Kier alpha value is -3.09. The van der Waals surface area contributed by atoms with E-state index in [-0.39, 0.29) is 5.91 Å². The van der Waals surface area contributed by atoms with E-state index in [4.69, 9.17) is 5.26 Å². The Morgan fingerprint density at radius 2 is 2.17 bits per heavy atom. The molecule has 3 heterocycles. The summed E-state index contributed by atoms with van der Waals surface area (Å²) in [5, 5.41) is 16.3. The van der Waals surface area contributed by atoms with Gasteiger partial charge in [0.05, 0.1) is 16.8 Å². The average molecular weight is 408 g/mol. The minimum absolute atomic E-state index is 0.149. The van der Waals surface area contributed by atoms with E-state index in [2.05, 4.69) is 31.4 Å². The van der Waals surface area contributed by atoms with Crippen LogP contribution in [0.2, 0.25) is 0 Å². The first-order chi connectivity index (χ1) is 14.2. The van der Waals surface area contributed by atoms with E-state index in [1.807, 2.05) is 29.2 Å². The fourth-order valence-corrected chi connectivity index (χ4v) is 3.32. The molecule has 0 bridgehead atoms. The van der Waals surface area contributed by atoms with Gasteiger partial charge in [0.1, 0.15) is 17.5 Å². The second-order valence-corrected chi connectivity index (χ2v) is 7.49. The number of carbonyl (C=O) groups excluding carboxylic acids is 1. The molecule has 29 heavy (non-hydrogen) atoms. The number of rotatable bonds is 8. The zero-order chi connectivity index (χ0) is 20.2. The van der Waals surface area contributed by atoms with Gasteiger partial charge < -0.3 is 10.6 Å². The Kier molecular flexibility index (Phi) is 5.64. The van der Waals surface area contributed by atoms with E-state index in [1.165, 1.54) is 11.9 Å². The van der Waals surface area contributed by atoms with E-state index in [1.54, 1.807) is 18.5 Å². The zero-order valence-electron chi connectivity index (χ0n) is 16.0. The van der Waals surface area contributed by atoms with Gasteiger partial charge in [-0.1, -0.05) is 11.9 Å². The molecule has 1 fully saturated rings. The highest BCUT2D eigenvalue weighted by Gasteiger charge is 2.24. The maximum Gasteiger partial charge on any atom is 0.255 e. The van der Waals surface area contributed by atoms with Crippen molar-refractivity contribution in [1.29, 1.82) is 5.26 Å². The average Bonchev–Trinajstić information content (AvgIpc) is 3.46. The zero-order valence-corrected chi connectivity index (χ0v) is 16.8. The Balaban J connectivity index is 1.63. The molecule has 0 spiro atoms. The van der Waals surface area contributed by atoms with Crippen LogP contribution in [0, 0.1) is 11.3 Å². The van der Waals surface area contributed by atoms with Crippen LogP contribution in [-0.2, 0) is 0 Å². The Morgan fingerprint density at radius 1 is 1.31 bits per heavy atom. The molecule has 148 valence electrons. The summed E-state index contributed by atoms with van der Waals surface area (Å²) in [4.78, 5) is 21.5. The molecule has 3 aromatic rings. The molecule has 0 aromatic carbocycles. The number of nitriles is 1. The standard InChI is InChI=1S/C20H21N7OS/c1-29-25-6-5-22-20(28)16-12-23-18(9-17(16)26-15-2-3-15)27-7-4-14-8-13(10-21)11-24-19(14)27/h4,7-9,11-12,15,25H,2-3,5-6H2,1H3,(H,22,28)(H,23,26). The predicted octanol–water partition coefficient (Wildman–Crippen LogP) is 2.46. The quantitative estimate of drug-likeness (QED) is 0.389. The molecule has 1 aliphatic rings. The van der Waals surface area contributed by atoms with Gasteiger partial charge in [0.15, 0.2) is 0 Å². The lowest BCUT2D eigenvalue weighted by molar-refractivity contribution is 0.0955. The first-order valence-corrected chi connectivity index (χ1v) is 10.6. The number of aromatic nitrogens is 3. The fourth-order valence-electron chi connectivity index (χ4n) is 3.02. The molecule has 9 heteroatoms. The van der Waals surface area contributed by atoms with Crippen molar-refractivity contribution in [2.75, 3.05) is 24.7 Å². The number of nitrogens with zero attached hydrogens (tertiary/aromatic N) is 4. The summed E-state index contributed by atoms with van der Waals surface area (Å²) in [6.45, 7) is 1.23. The molecule has 8 nitrogen and oxygen atoms in total. The van der Waals surface area contributed by atoms with Gasteiger partial charge in [-0.3, -0.25) is 14.1 Å². The van der Waals surface area contributed by atoms with E-state index < -0.39 is 0 Å². The number of pyridine rings is 2. The van der Waals surface area contributed by atoms with Crippen molar-refractivity contribution in [3.8, 4) is 11.9 Å². The van der Waals surface area contributed by atoms with Crippen molar-refractivity contribution in [3.63, 3.8) is 0 Å². The SMILES string of the molecule is CSNCCNC(=O)c1cnc(-n2ccc3cc(C#N)cnc32)cc1NC1CC1. The fraction of sp³-hybridized carbons (Fsp3) is 0.300. The number of fused-ring (bicyclic) bond motifs is 1. The van der Waals surface area contributed by atoms with Crippen LogP contribution in [0.15, 0.2) is 36.8 Å². The number of nitrogens with one attached hydrogen (secondary N) is 3. The van der Waals surface area contributed by atoms with Crippen molar-refractivity contribution < 1.29 is 4.79 Å². The topological polar surface area (TPSA) is 108 Å². The molecule has 1 saturated carbocycles. The summed E-state index contributed by atoms with van der Waals surface area (Å²) in [5.41, 5.74) is 2.53. The molecule has 3 N–H and O–H groups in total. The van der Waals surface area contributed by atoms with Crippen molar-refractivity contribution in [2.45, 2.75) is 18.9 Å². The molecule has 0 aliphatic heterocycles. The lowest BCUT2D eigenvalue weighted by Gasteiger charge is -2.14. The number of hydrogen-bond acceptors (Lipinski definition) is 7. The van der Waals surface area contributed by atoms with Crippen LogP contribution in [0.5, 0.6) is 0 Å². The van der Waals surface area contributed by atoms with Gasteiger partial charge in [0.2, 0.25) is 0 Å². The minimum Gasteiger partial charge on any atom is -0.382 e. The highest BCUT2D eigenvalue weighted by Crippen LogP contribution is 2.28. The van der Waals surface area contributed by atoms with Crippen LogP contribution in [0.1, 0.15) is 28.8 Å². The molecule has 1 aliphatic carbocycles. The molecule has 0 radical (unpaired) electrons. The van der Waals surface area contributed by atoms with Gasteiger partial charge in [-0.15, -0.1) is 0 Å². The third kappa shape index (κ3) is 4.34. The van der Waals surface area contributed by atoms with E-state index in [0.29, 0.717) is 41.7 Å². The largest absolute Gasteiger partial charge is 0.382 e. The molecule has 0 atom stereocenters. The second-order valence-electron chi connectivity index (χ2n) is 6.80. The summed E-state index contributed by atoms with van der Waals surface area (Å²) < 4.78 is 4.96. The molecular formula is C20H21N7OS. The van der Waals surface area contributed by atoms with Crippen LogP contribution < -0.4 is 15.4 Å². The predicted molar refractivity (Wildman–Crippen MR) is 114 cm³/mol. The number of anilines is 1. The van der Waals surface area contributed by atoms with Crippen molar-refractivity contribution >= 4 is 34.6 Å². The first-order valence-electron chi connectivity index (χ1n) is 9.38. The van der Waals surface area contributed by atoms with E-state index in [9.17, 15) is 4.79 Å². The highest BCUT2D eigenvalue weighted by molar-refractivity contribution is 7.96. The van der Waals surface area contributed by atoms with E-state index in [0.717, 1.165) is 23.9 Å². The van der Waals surface area contributed by atoms with Crippen molar-refractivity contribution in [3.05, 3.63) is 47.9 Å². The van der Waals surface area contributed by atoms with Crippen LogP contribution in [-0.4, -0.2) is 45.8 Å². The second kappa shape index (κ2) is 8.51. The molecule has 0 saturated heterocycles. The van der Waals surface area contributed by atoms with Crippen LogP contribution >= 0.6 is 11.9 Å². The lowest BCUT2D eigenvalue weighted by Crippen LogP contribution is -2.30. The van der Waals surface area contributed by atoms with Gasteiger partial charge >= 0.3 is 0 Å². The third-order valence-electron chi connectivity index (χ3n) is 4.63. The lowest BCUT2D eigenvalue weighted by atomic mass is 10.2. The molecule has 3 aromatic heterocycles. The smallest absolute Gasteiger partial charge is 0.255 e. The number of carbonyl (C=O) groups is 1. The molecule has 0 unspecified atom stereocenters. The van der Waals surface area contributed by atoms with Gasteiger partial charge in [-0.05, 0) is 31.2 Å². The summed E-state index contributed by atoms with van der Waals surface area (Å²) in [6.07, 6.45) is 9.17. The highest BCUT2D eigenvalue weighted by atomic mass is 32.2. The number of amides is 1. The summed E-state index contributed by atoms with van der Waals surface area (Å²) in [7, 11) is 0. The maximum atomic E-state index is 12.6. The van der Waals surface area contributed by atoms with Gasteiger partial charge in [0, 0.05) is 49.2 Å². The normalized spacial score (nSPS) is 13.2. The van der Waals surface area contributed by atoms with Gasteiger partial charge in [0.25, 0.3) is 5.91 Å². The Morgan fingerprint density at radius 3 is 2.93 bits per heavy atom. The van der Waals surface area contributed by atoms with Gasteiger partial charge in [-0.25, -0.2) is 9.97 Å². The third-order valence-corrected chi connectivity index (χ3v) is 5.12. The van der Waals surface area contributed by atoms with Crippen LogP contribution in [0.3, 0.4) is 0 Å². The van der Waals surface area contributed by atoms with E-state index >= 15 is 0 Å². The first kappa shape index (κ1) is 19.2. The molecular weight excluding hydrogens is 386 g/mol. The van der Waals surface area contributed by atoms with Crippen molar-refractivity contribution in [1.82, 2.24) is 24.6 Å².